The van der Waals surface area contributed by atoms with E-state index in [1.165, 1.54) is 24.8 Å². The molecule has 0 aromatic rings. The Morgan fingerprint density at radius 3 is 2.44 bits per heavy atom. The molecule has 0 aromatic carbocycles. The van der Waals surface area contributed by atoms with Crippen LogP contribution in [0.25, 0.3) is 0 Å². The Hall–Kier alpha value is -0.560. The summed E-state index contributed by atoms with van der Waals surface area (Å²) >= 11 is 0. The lowest BCUT2D eigenvalue weighted by Crippen LogP contribution is -1.93. The molecule has 1 nitrogen and oxygen atoms in total. The monoisotopic (exact) mass is 224 g/mol. The third-order valence-electron chi connectivity index (χ3n) is 2.79. The highest BCUT2D eigenvalue weighted by Crippen LogP contribution is 2.14. The van der Waals surface area contributed by atoms with Crippen LogP contribution in [0.2, 0.25) is 0 Å². The molecular weight excluding hydrogens is 196 g/mol. The fourth-order valence-electron chi connectivity index (χ4n) is 1.67. The molecule has 0 aromatic heterocycles. The minimum absolute atomic E-state index is 0.156. The molecular formula is C15H28O. The van der Waals surface area contributed by atoms with Crippen molar-refractivity contribution in [3.05, 3.63) is 23.8 Å². The number of aliphatic hydroxyl groups is 1. The number of hydrogen-bond donors (Lipinski definition) is 1. The molecule has 0 saturated heterocycles. The van der Waals surface area contributed by atoms with E-state index in [-0.39, 0.29) is 6.61 Å². The van der Waals surface area contributed by atoms with Gasteiger partial charge in [0.15, 0.2) is 0 Å². The summed E-state index contributed by atoms with van der Waals surface area (Å²) in [7, 11) is 0. The van der Waals surface area contributed by atoms with Crippen LogP contribution in [0.5, 0.6) is 0 Å². The average Bonchev–Trinajstić information content (AvgIpc) is 2.17. The minimum Gasteiger partial charge on any atom is -0.392 e. The van der Waals surface area contributed by atoms with Gasteiger partial charge in [0, 0.05) is 0 Å². The first-order valence-corrected chi connectivity index (χ1v) is 6.49. The van der Waals surface area contributed by atoms with Gasteiger partial charge < -0.3 is 5.11 Å². The molecule has 1 heteroatoms. The van der Waals surface area contributed by atoms with Crippen molar-refractivity contribution in [2.45, 2.75) is 53.4 Å². The predicted octanol–water partition coefficient (Wildman–Crippen LogP) is 4.33. The minimum atomic E-state index is 0.156. The van der Waals surface area contributed by atoms with Crippen LogP contribution in [-0.4, -0.2) is 11.7 Å². The summed E-state index contributed by atoms with van der Waals surface area (Å²) in [4.78, 5) is 0. The largest absolute Gasteiger partial charge is 0.392 e. The van der Waals surface area contributed by atoms with Crippen LogP contribution in [0, 0.1) is 11.8 Å². The maximum Gasteiger partial charge on any atom is 0.0615 e. The van der Waals surface area contributed by atoms with Gasteiger partial charge in [-0.1, -0.05) is 57.4 Å². The molecule has 1 atom stereocenters. The van der Waals surface area contributed by atoms with Gasteiger partial charge in [0.1, 0.15) is 0 Å². The van der Waals surface area contributed by atoms with E-state index in [0.29, 0.717) is 5.92 Å². The van der Waals surface area contributed by atoms with Gasteiger partial charge in [0.05, 0.1) is 6.61 Å². The van der Waals surface area contributed by atoms with Crippen molar-refractivity contribution in [3.63, 3.8) is 0 Å². The second-order valence-corrected chi connectivity index (χ2v) is 5.17. The summed E-state index contributed by atoms with van der Waals surface area (Å²) in [5.41, 5.74) is 1.24. The Kier molecular flexibility index (Phi) is 9.31. The molecule has 0 fully saturated rings. The van der Waals surface area contributed by atoms with E-state index in [1.807, 2.05) is 6.08 Å². The summed E-state index contributed by atoms with van der Waals surface area (Å²) in [5.74, 6) is 1.51. The van der Waals surface area contributed by atoms with E-state index in [4.69, 9.17) is 5.11 Å². The van der Waals surface area contributed by atoms with Gasteiger partial charge in [-0.15, -0.1) is 0 Å². The zero-order chi connectivity index (χ0) is 12.4. The summed E-state index contributed by atoms with van der Waals surface area (Å²) in [6, 6.07) is 0. The second kappa shape index (κ2) is 9.65. The highest BCUT2D eigenvalue weighted by molar-refractivity contribution is 5.05. The van der Waals surface area contributed by atoms with Crippen LogP contribution in [0.15, 0.2) is 23.8 Å². The zero-order valence-corrected chi connectivity index (χ0v) is 11.4. The smallest absolute Gasteiger partial charge is 0.0615 e. The molecule has 0 aliphatic rings. The molecule has 94 valence electrons. The average molecular weight is 224 g/mol. The van der Waals surface area contributed by atoms with Crippen LogP contribution in [0.1, 0.15) is 53.4 Å². The fraction of sp³-hybridized carbons (Fsp3) is 0.733. The Balaban J connectivity index is 3.66. The van der Waals surface area contributed by atoms with E-state index in [2.05, 4.69) is 39.8 Å². The molecule has 16 heavy (non-hydrogen) atoms. The molecule has 0 aliphatic carbocycles. The number of hydrogen-bond acceptors (Lipinski definition) is 1. The van der Waals surface area contributed by atoms with Gasteiger partial charge in [-0.05, 0) is 31.6 Å². The summed E-state index contributed by atoms with van der Waals surface area (Å²) in [6.07, 6.45) is 11.3. The Morgan fingerprint density at radius 1 is 1.19 bits per heavy atom. The maximum absolute atomic E-state index is 8.71. The third-order valence-corrected chi connectivity index (χ3v) is 2.79. The molecule has 1 N–H and O–H groups in total. The topological polar surface area (TPSA) is 20.2 Å². The summed E-state index contributed by atoms with van der Waals surface area (Å²) < 4.78 is 0. The summed E-state index contributed by atoms with van der Waals surface area (Å²) in [6.45, 7) is 9.06. The van der Waals surface area contributed by atoms with Gasteiger partial charge in [-0.3, -0.25) is 0 Å². The highest BCUT2D eigenvalue weighted by Gasteiger charge is 1.98. The van der Waals surface area contributed by atoms with Crippen LogP contribution in [0.3, 0.4) is 0 Å². The molecule has 0 spiro atoms. The molecule has 0 saturated carbocycles. The first kappa shape index (κ1) is 15.4. The number of aliphatic hydroxyl groups excluding tert-OH is 1. The molecule has 1 unspecified atom stereocenters. The second-order valence-electron chi connectivity index (χ2n) is 5.17. The fourth-order valence-corrected chi connectivity index (χ4v) is 1.67. The van der Waals surface area contributed by atoms with Crippen LogP contribution < -0.4 is 0 Å². The molecule has 0 aliphatic heterocycles. The SMILES string of the molecule is C/C(=C\CO)C/C=C/C(C)CCCC(C)C. The number of rotatable bonds is 8. The lowest BCUT2D eigenvalue weighted by atomic mass is 9.99. The molecule has 0 radical (unpaired) electrons. The Bertz CT molecular complexity index is 213. The molecule has 0 rings (SSSR count). The molecule has 0 heterocycles. The normalized spacial score (nSPS) is 15.0. The van der Waals surface area contributed by atoms with Gasteiger partial charge in [0.25, 0.3) is 0 Å². The van der Waals surface area contributed by atoms with Crippen molar-refractivity contribution < 1.29 is 5.11 Å². The lowest BCUT2D eigenvalue weighted by Gasteiger charge is -2.07. The van der Waals surface area contributed by atoms with Crippen molar-refractivity contribution in [1.82, 2.24) is 0 Å². The molecule has 0 amide bonds. The summed E-state index contributed by atoms with van der Waals surface area (Å²) in [5, 5.41) is 8.71. The van der Waals surface area contributed by atoms with Crippen LogP contribution >= 0.6 is 0 Å². The van der Waals surface area contributed by atoms with Gasteiger partial charge in [-0.2, -0.15) is 0 Å². The van der Waals surface area contributed by atoms with Crippen molar-refractivity contribution in [1.29, 1.82) is 0 Å². The first-order chi connectivity index (χ1) is 7.56. The highest BCUT2D eigenvalue weighted by atomic mass is 16.2. The maximum atomic E-state index is 8.71. The van der Waals surface area contributed by atoms with Crippen molar-refractivity contribution in [2.75, 3.05) is 6.61 Å². The Morgan fingerprint density at radius 2 is 1.88 bits per heavy atom. The van der Waals surface area contributed by atoms with Crippen LogP contribution in [-0.2, 0) is 0 Å². The van der Waals surface area contributed by atoms with Crippen molar-refractivity contribution in [3.8, 4) is 0 Å². The van der Waals surface area contributed by atoms with Crippen molar-refractivity contribution in [2.24, 2.45) is 11.8 Å². The van der Waals surface area contributed by atoms with E-state index in [1.54, 1.807) is 0 Å². The van der Waals surface area contributed by atoms with Gasteiger partial charge in [0.2, 0.25) is 0 Å². The zero-order valence-electron chi connectivity index (χ0n) is 11.4. The van der Waals surface area contributed by atoms with E-state index < -0.39 is 0 Å². The van der Waals surface area contributed by atoms with Crippen LogP contribution in [0.4, 0.5) is 0 Å². The lowest BCUT2D eigenvalue weighted by molar-refractivity contribution is 0.341. The standard InChI is InChI=1S/C15H28O/c1-13(2)7-5-8-14(3)9-6-10-15(4)11-12-16/h6,9,11,13-14,16H,5,7-8,10,12H2,1-4H3/b9-6+,15-11+. The van der Waals surface area contributed by atoms with E-state index >= 15 is 0 Å². The van der Waals surface area contributed by atoms with Gasteiger partial charge >= 0.3 is 0 Å². The van der Waals surface area contributed by atoms with E-state index in [0.717, 1.165) is 12.3 Å². The number of allylic oxidation sites excluding steroid dienone is 3. The molecule has 0 bridgehead atoms. The quantitative estimate of drug-likeness (QED) is 0.608. The predicted molar refractivity (Wildman–Crippen MR) is 72.5 cm³/mol. The third kappa shape index (κ3) is 9.97. The van der Waals surface area contributed by atoms with Gasteiger partial charge in [-0.25, -0.2) is 0 Å². The van der Waals surface area contributed by atoms with E-state index in [9.17, 15) is 0 Å². The Labute approximate surface area is 101 Å². The first-order valence-electron chi connectivity index (χ1n) is 6.49. The van der Waals surface area contributed by atoms with Crippen molar-refractivity contribution >= 4 is 0 Å².